The molecule has 0 saturated carbocycles. The molecule has 0 aromatic heterocycles. The van der Waals surface area contributed by atoms with Gasteiger partial charge in [-0.3, -0.25) is 9.59 Å². The molecule has 3 N–H and O–H groups in total. The second-order valence-electron chi connectivity index (χ2n) is 3.66. The average Bonchev–Trinajstić information content (AvgIpc) is 2.84. The van der Waals surface area contributed by atoms with E-state index in [1.165, 1.54) is 6.07 Å². The largest absolute Gasteiger partial charge is 0.507 e. The Balaban J connectivity index is 0.000000171. The highest BCUT2D eigenvalue weighted by molar-refractivity contribution is 5.78. The standard InChI is InChI=1S/C7H6O2.C5H9NO2/c8-5-6-3-1-2-4-7(6)9;7-5(8)4-2-1-3-6-4/h1-5,9H;4,6H,1-3H2,(H,7,8)/t;4-/m.0/s1. The number of phenolic OH excluding ortho intramolecular Hbond substituents is 1. The Morgan fingerprint density at radius 2 is 2.12 bits per heavy atom. The first kappa shape index (κ1) is 13.2. The van der Waals surface area contributed by atoms with Gasteiger partial charge >= 0.3 is 5.97 Å². The number of benzene rings is 1. The van der Waals surface area contributed by atoms with Crippen LogP contribution in [0.3, 0.4) is 0 Å². The van der Waals surface area contributed by atoms with Gasteiger partial charge in [-0.2, -0.15) is 0 Å². The van der Waals surface area contributed by atoms with Crippen LogP contribution in [0.1, 0.15) is 23.2 Å². The fourth-order valence-electron chi connectivity index (χ4n) is 1.48. The Hall–Kier alpha value is -1.88. The first-order chi connectivity index (χ1) is 8.15. The molecule has 1 aromatic carbocycles. The van der Waals surface area contributed by atoms with E-state index in [1.807, 2.05) is 0 Å². The van der Waals surface area contributed by atoms with Crippen molar-refractivity contribution in [2.75, 3.05) is 6.54 Å². The van der Waals surface area contributed by atoms with Crippen molar-refractivity contribution in [3.63, 3.8) is 0 Å². The molecule has 0 radical (unpaired) electrons. The highest BCUT2D eigenvalue weighted by Gasteiger charge is 2.20. The van der Waals surface area contributed by atoms with Crippen LogP contribution in [0.2, 0.25) is 0 Å². The molecule has 1 aromatic rings. The number of aromatic hydroxyl groups is 1. The van der Waals surface area contributed by atoms with Crippen molar-refractivity contribution in [2.45, 2.75) is 18.9 Å². The van der Waals surface area contributed by atoms with Crippen LogP contribution in [0.5, 0.6) is 5.75 Å². The summed E-state index contributed by atoms with van der Waals surface area (Å²) < 4.78 is 0. The van der Waals surface area contributed by atoms with Crippen LogP contribution >= 0.6 is 0 Å². The molecule has 0 spiro atoms. The van der Waals surface area contributed by atoms with Crippen molar-refractivity contribution in [1.82, 2.24) is 5.32 Å². The number of phenols is 1. The van der Waals surface area contributed by atoms with Crippen LogP contribution in [0, 0.1) is 0 Å². The number of para-hydroxylation sites is 1. The quantitative estimate of drug-likeness (QED) is 0.669. The predicted molar refractivity (Wildman–Crippen MR) is 62.2 cm³/mol. The second-order valence-corrected chi connectivity index (χ2v) is 3.66. The van der Waals surface area contributed by atoms with Gasteiger partial charge in [-0.1, -0.05) is 12.1 Å². The summed E-state index contributed by atoms with van der Waals surface area (Å²) in [6.45, 7) is 0.858. The Labute approximate surface area is 99.1 Å². The lowest BCUT2D eigenvalue weighted by Crippen LogP contribution is -2.29. The number of aldehydes is 1. The molecule has 17 heavy (non-hydrogen) atoms. The maximum absolute atomic E-state index is 10.1. The smallest absolute Gasteiger partial charge is 0.320 e. The summed E-state index contributed by atoms with van der Waals surface area (Å²) in [7, 11) is 0. The molecule has 0 bridgehead atoms. The minimum atomic E-state index is -0.720. The van der Waals surface area contributed by atoms with Crippen molar-refractivity contribution < 1.29 is 19.8 Å². The summed E-state index contributed by atoms with van der Waals surface area (Å²) in [5, 5.41) is 20.1. The average molecular weight is 237 g/mol. The molecule has 92 valence electrons. The highest BCUT2D eigenvalue weighted by atomic mass is 16.4. The summed E-state index contributed by atoms with van der Waals surface area (Å²) in [4.78, 5) is 20.2. The Bertz CT molecular complexity index is 386. The zero-order valence-corrected chi connectivity index (χ0v) is 9.30. The Morgan fingerprint density at radius 1 is 1.41 bits per heavy atom. The maximum Gasteiger partial charge on any atom is 0.320 e. The molecule has 5 heteroatoms. The van der Waals surface area contributed by atoms with Gasteiger partial charge in [-0.05, 0) is 31.5 Å². The van der Waals surface area contributed by atoms with Crippen LogP contribution in [0.15, 0.2) is 24.3 Å². The molecule has 1 saturated heterocycles. The van der Waals surface area contributed by atoms with Gasteiger partial charge in [0.05, 0.1) is 5.56 Å². The summed E-state index contributed by atoms with van der Waals surface area (Å²) in [6.07, 6.45) is 2.40. The molecule has 5 nitrogen and oxygen atoms in total. The van der Waals surface area contributed by atoms with Crippen LogP contribution < -0.4 is 5.32 Å². The van der Waals surface area contributed by atoms with Crippen molar-refractivity contribution in [3.05, 3.63) is 29.8 Å². The summed E-state index contributed by atoms with van der Waals surface area (Å²) in [5.41, 5.74) is 0.331. The van der Waals surface area contributed by atoms with Gasteiger partial charge in [0.2, 0.25) is 0 Å². The molecule has 1 fully saturated rings. The summed E-state index contributed by atoms with van der Waals surface area (Å²) in [5.74, 6) is -0.685. The van der Waals surface area contributed by atoms with Gasteiger partial charge in [0.15, 0.2) is 6.29 Å². The molecule has 1 heterocycles. The highest BCUT2D eigenvalue weighted by Crippen LogP contribution is 2.11. The fraction of sp³-hybridized carbons (Fsp3) is 0.333. The third kappa shape index (κ3) is 4.24. The third-order valence-electron chi connectivity index (χ3n) is 2.42. The molecule has 0 unspecified atom stereocenters. The molecule has 1 atom stereocenters. The molecular formula is C12H15NO4. The van der Waals surface area contributed by atoms with E-state index in [9.17, 15) is 9.59 Å². The van der Waals surface area contributed by atoms with E-state index in [0.29, 0.717) is 11.8 Å². The predicted octanol–water partition coefficient (Wildman–Crippen LogP) is 1.03. The van der Waals surface area contributed by atoms with E-state index in [2.05, 4.69) is 5.32 Å². The Morgan fingerprint density at radius 3 is 2.47 bits per heavy atom. The monoisotopic (exact) mass is 237 g/mol. The van der Waals surface area contributed by atoms with E-state index in [4.69, 9.17) is 10.2 Å². The number of hydrogen-bond acceptors (Lipinski definition) is 4. The van der Waals surface area contributed by atoms with Gasteiger partial charge < -0.3 is 15.5 Å². The van der Waals surface area contributed by atoms with Gasteiger partial charge in [0.25, 0.3) is 0 Å². The molecule has 2 rings (SSSR count). The number of carbonyl (C=O) groups excluding carboxylic acids is 1. The topological polar surface area (TPSA) is 86.6 Å². The number of nitrogens with one attached hydrogen (secondary N) is 1. The zero-order valence-electron chi connectivity index (χ0n) is 9.30. The van der Waals surface area contributed by atoms with Crippen LogP contribution in [-0.4, -0.2) is 35.1 Å². The minimum absolute atomic E-state index is 0.0347. The SMILES string of the molecule is O=C(O)[C@@H]1CCCN1.O=Cc1ccccc1O. The van der Waals surface area contributed by atoms with Crippen molar-refractivity contribution in [2.24, 2.45) is 0 Å². The third-order valence-corrected chi connectivity index (χ3v) is 2.42. The van der Waals surface area contributed by atoms with Crippen molar-refractivity contribution >= 4 is 12.3 Å². The lowest BCUT2D eigenvalue weighted by atomic mass is 10.2. The Kier molecular flexibility index (Phi) is 5.16. The van der Waals surface area contributed by atoms with Gasteiger partial charge in [0, 0.05) is 0 Å². The number of carbonyl (C=O) groups is 2. The summed E-state index contributed by atoms with van der Waals surface area (Å²) in [6, 6.07) is 6.13. The normalized spacial score (nSPS) is 18.0. The molecule has 0 aliphatic carbocycles. The number of carboxylic acid groups (broad SMARTS) is 1. The van der Waals surface area contributed by atoms with Crippen molar-refractivity contribution in [3.8, 4) is 5.75 Å². The number of hydrogen-bond donors (Lipinski definition) is 3. The van der Waals surface area contributed by atoms with Gasteiger partial charge in [-0.15, -0.1) is 0 Å². The number of rotatable bonds is 2. The zero-order chi connectivity index (χ0) is 12.7. The minimum Gasteiger partial charge on any atom is -0.507 e. The van der Waals surface area contributed by atoms with E-state index in [0.717, 1.165) is 19.4 Å². The summed E-state index contributed by atoms with van der Waals surface area (Å²) >= 11 is 0. The van der Waals surface area contributed by atoms with Crippen LogP contribution in [0.4, 0.5) is 0 Å². The lowest BCUT2D eigenvalue weighted by Gasteiger charge is -1.99. The maximum atomic E-state index is 10.1. The fourth-order valence-corrected chi connectivity index (χ4v) is 1.48. The van der Waals surface area contributed by atoms with Gasteiger partial charge in [-0.25, -0.2) is 0 Å². The number of aliphatic carboxylic acids is 1. The van der Waals surface area contributed by atoms with Crippen molar-refractivity contribution in [1.29, 1.82) is 0 Å². The van der Waals surface area contributed by atoms with E-state index >= 15 is 0 Å². The van der Waals surface area contributed by atoms with Crippen LogP contribution in [-0.2, 0) is 4.79 Å². The number of carboxylic acids is 1. The van der Waals surface area contributed by atoms with Crippen LogP contribution in [0.25, 0.3) is 0 Å². The second kappa shape index (κ2) is 6.65. The molecule has 0 amide bonds. The molecular weight excluding hydrogens is 222 g/mol. The van der Waals surface area contributed by atoms with E-state index in [-0.39, 0.29) is 11.8 Å². The van der Waals surface area contributed by atoms with Gasteiger partial charge in [0.1, 0.15) is 11.8 Å². The molecule has 1 aliphatic heterocycles. The lowest BCUT2D eigenvalue weighted by molar-refractivity contribution is -0.139. The first-order valence-corrected chi connectivity index (χ1v) is 5.34. The van der Waals surface area contributed by atoms with E-state index in [1.54, 1.807) is 18.2 Å². The van der Waals surface area contributed by atoms with E-state index < -0.39 is 5.97 Å². The first-order valence-electron chi connectivity index (χ1n) is 5.34. The molecule has 1 aliphatic rings.